The molecule has 16 heavy (non-hydrogen) atoms. The van der Waals surface area contributed by atoms with Crippen LogP contribution < -0.4 is 4.74 Å². The van der Waals surface area contributed by atoms with E-state index in [1.54, 1.807) is 6.26 Å². The van der Waals surface area contributed by atoms with E-state index in [0.717, 1.165) is 35.1 Å². The van der Waals surface area contributed by atoms with Gasteiger partial charge < -0.3 is 14.3 Å². The molecule has 1 aromatic carbocycles. The predicted octanol–water partition coefficient (Wildman–Crippen LogP) is 3.10. The summed E-state index contributed by atoms with van der Waals surface area (Å²) in [4.78, 5) is 0. The Kier molecular flexibility index (Phi) is 3.47. The van der Waals surface area contributed by atoms with Crippen LogP contribution in [0.25, 0.3) is 11.0 Å². The summed E-state index contributed by atoms with van der Waals surface area (Å²) in [6.07, 6.45) is 3.77. The molecule has 0 radical (unpaired) electrons. The summed E-state index contributed by atoms with van der Waals surface area (Å²) < 4.78 is 11.0. The van der Waals surface area contributed by atoms with Gasteiger partial charge in [-0.2, -0.15) is 0 Å². The van der Waals surface area contributed by atoms with Crippen molar-refractivity contribution < 1.29 is 14.3 Å². The van der Waals surface area contributed by atoms with Crippen molar-refractivity contribution in [2.24, 2.45) is 0 Å². The molecule has 86 valence electrons. The van der Waals surface area contributed by atoms with Crippen LogP contribution in [0.2, 0.25) is 0 Å². The molecule has 0 spiro atoms. The number of unbranched alkanes of at least 4 members (excludes halogenated alkanes) is 1. The van der Waals surface area contributed by atoms with E-state index in [4.69, 9.17) is 14.3 Å². The van der Waals surface area contributed by atoms with Crippen molar-refractivity contribution >= 4 is 11.0 Å². The smallest absolute Gasteiger partial charge is 0.137 e. The molecule has 0 atom stereocenters. The molecular formula is C13H16O3. The van der Waals surface area contributed by atoms with Gasteiger partial charge in [0.15, 0.2) is 0 Å². The summed E-state index contributed by atoms with van der Waals surface area (Å²) in [5, 5.41) is 10.1. The Morgan fingerprint density at radius 1 is 1.38 bits per heavy atom. The van der Waals surface area contributed by atoms with Crippen LogP contribution in [0.3, 0.4) is 0 Å². The second-order valence-electron chi connectivity index (χ2n) is 3.79. The van der Waals surface area contributed by atoms with E-state index in [2.05, 4.69) is 6.92 Å². The molecule has 0 aliphatic heterocycles. The summed E-state index contributed by atoms with van der Waals surface area (Å²) in [6, 6.07) is 5.59. The number of furan rings is 1. The average molecular weight is 220 g/mol. The second kappa shape index (κ2) is 5.03. The van der Waals surface area contributed by atoms with Crippen LogP contribution in [0.4, 0.5) is 0 Å². The summed E-state index contributed by atoms with van der Waals surface area (Å²) in [7, 11) is 0. The summed E-state index contributed by atoms with van der Waals surface area (Å²) in [5.41, 5.74) is 1.58. The van der Waals surface area contributed by atoms with Gasteiger partial charge >= 0.3 is 0 Å². The van der Waals surface area contributed by atoms with Gasteiger partial charge in [0.25, 0.3) is 0 Å². The fourth-order valence-corrected chi connectivity index (χ4v) is 1.63. The maximum Gasteiger partial charge on any atom is 0.137 e. The fraction of sp³-hybridized carbons (Fsp3) is 0.385. The lowest BCUT2D eigenvalue weighted by molar-refractivity contribution is 0.279. The molecule has 0 aliphatic carbocycles. The highest BCUT2D eigenvalue weighted by Crippen LogP contribution is 2.28. The lowest BCUT2D eigenvalue weighted by Crippen LogP contribution is -1.97. The monoisotopic (exact) mass is 220 g/mol. The molecule has 0 bridgehead atoms. The lowest BCUT2D eigenvalue weighted by Gasteiger charge is -2.07. The zero-order valence-corrected chi connectivity index (χ0v) is 9.40. The SMILES string of the molecule is CCCCOc1cc(CO)cc2occc12. The fourth-order valence-electron chi connectivity index (χ4n) is 1.63. The molecule has 1 heterocycles. The van der Waals surface area contributed by atoms with Crippen molar-refractivity contribution in [3.8, 4) is 5.75 Å². The number of hydrogen-bond donors (Lipinski definition) is 1. The van der Waals surface area contributed by atoms with Crippen molar-refractivity contribution in [2.45, 2.75) is 26.4 Å². The first-order valence-electron chi connectivity index (χ1n) is 5.59. The summed E-state index contributed by atoms with van der Waals surface area (Å²) in [6.45, 7) is 2.83. The van der Waals surface area contributed by atoms with Crippen molar-refractivity contribution in [1.82, 2.24) is 0 Å². The minimum Gasteiger partial charge on any atom is -0.493 e. The summed E-state index contributed by atoms with van der Waals surface area (Å²) in [5.74, 6) is 0.795. The standard InChI is InChI=1S/C13H16O3/c1-2-3-5-15-12-7-10(9-14)8-13-11(12)4-6-16-13/h4,6-8,14H,2-3,5,9H2,1H3. The van der Waals surface area contributed by atoms with Crippen LogP contribution in [0.15, 0.2) is 28.9 Å². The van der Waals surface area contributed by atoms with Gasteiger partial charge in [0.1, 0.15) is 11.3 Å². The Morgan fingerprint density at radius 3 is 3.00 bits per heavy atom. The number of aliphatic hydroxyl groups excluding tert-OH is 1. The van der Waals surface area contributed by atoms with E-state index in [-0.39, 0.29) is 6.61 Å². The van der Waals surface area contributed by atoms with E-state index in [1.807, 2.05) is 18.2 Å². The minimum atomic E-state index is 0.000772. The molecule has 1 aromatic heterocycles. The first kappa shape index (κ1) is 11.0. The Hall–Kier alpha value is -1.48. The Morgan fingerprint density at radius 2 is 2.25 bits per heavy atom. The minimum absolute atomic E-state index is 0.000772. The predicted molar refractivity (Wildman–Crippen MR) is 62.5 cm³/mol. The van der Waals surface area contributed by atoms with Crippen LogP contribution in [-0.2, 0) is 6.61 Å². The average Bonchev–Trinajstić information content (AvgIpc) is 2.77. The Balaban J connectivity index is 2.29. The summed E-state index contributed by atoms with van der Waals surface area (Å²) >= 11 is 0. The highest BCUT2D eigenvalue weighted by molar-refractivity contribution is 5.84. The largest absolute Gasteiger partial charge is 0.493 e. The van der Waals surface area contributed by atoms with Crippen molar-refractivity contribution in [3.63, 3.8) is 0 Å². The van der Waals surface area contributed by atoms with E-state index in [0.29, 0.717) is 6.61 Å². The quantitative estimate of drug-likeness (QED) is 0.787. The molecule has 0 saturated heterocycles. The third-order valence-corrected chi connectivity index (χ3v) is 2.53. The maximum atomic E-state index is 9.13. The van der Waals surface area contributed by atoms with E-state index in [9.17, 15) is 0 Å². The lowest BCUT2D eigenvalue weighted by atomic mass is 10.1. The van der Waals surface area contributed by atoms with Gasteiger partial charge in [-0.25, -0.2) is 0 Å². The highest BCUT2D eigenvalue weighted by atomic mass is 16.5. The zero-order chi connectivity index (χ0) is 11.4. The van der Waals surface area contributed by atoms with Crippen LogP contribution in [0, 0.1) is 0 Å². The van der Waals surface area contributed by atoms with Gasteiger partial charge in [-0.1, -0.05) is 13.3 Å². The molecule has 0 saturated carbocycles. The van der Waals surface area contributed by atoms with Gasteiger partial charge in [0.05, 0.1) is 24.9 Å². The second-order valence-corrected chi connectivity index (χ2v) is 3.79. The third-order valence-electron chi connectivity index (χ3n) is 2.53. The normalized spacial score (nSPS) is 10.9. The molecule has 0 aliphatic rings. The van der Waals surface area contributed by atoms with Crippen LogP contribution in [-0.4, -0.2) is 11.7 Å². The van der Waals surface area contributed by atoms with Gasteiger partial charge in [0, 0.05) is 0 Å². The number of rotatable bonds is 5. The van der Waals surface area contributed by atoms with Gasteiger partial charge in [0.2, 0.25) is 0 Å². The van der Waals surface area contributed by atoms with E-state index >= 15 is 0 Å². The van der Waals surface area contributed by atoms with Gasteiger partial charge in [-0.3, -0.25) is 0 Å². The Bertz CT molecular complexity index is 459. The molecule has 0 fully saturated rings. The molecule has 1 N–H and O–H groups in total. The number of fused-ring (bicyclic) bond motifs is 1. The van der Waals surface area contributed by atoms with Gasteiger partial charge in [-0.15, -0.1) is 0 Å². The molecule has 2 aromatic rings. The number of benzene rings is 1. The van der Waals surface area contributed by atoms with Crippen molar-refractivity contribution in [2.75, 3.05) is 6.61 Å². The molecule has 2 rings (SSSR count). The van der Waals surface area contributed by atoms with Crippen LogP contribution in [0.1, 0.15) is 25.3 Å². The van der Waals surface area contributed by atoms with Gasteiger partial charge in [-0.05, 0) is 30.2 Å². The number of aliphatic hydroxyl groups is 1. The molecule has 3 heteroatoms. The highest BCUT2D eigenvalue weighted by Gasteiger charge is 2.07. The number of hydrogen-bond acceptors (Lipinski definition) is 3. The topological polar surface area (TPSA) is 42.6 Å². The Labute approximate surface area is 94.6 Å². The first-order chi connectivity index (χ1) is 7.85. The van der Waals surface area contributed by atoms with Crippen LogP contribution in [0.5, 0.6) is 5.75 Å². The molecule has 0 unspecified atom stereocenters. The van der Waals surface area contributed by atoms with E-state index in [1.165, 1.54) is 0 Å². The van der Waals surface area contributed by atoms with Crippen molar-refractivity contribution in [1.29, 1.82) is 0 Å². The van der Waals surface area contributed by atoms with E-state index < -0.39 is 0 Å². The van der Waals surface area contributed by atoms with Crippen molar-refractivity contribution in [3.05, 3.63) is 30.0 Å². The maximum absolute atomic E-state index is 9.13. The zero-order valence-electron chi connectivity index (χ0n) is 9.40. The molecular weight excluding hydrogens is 204 g/mol. The molecule has 0 amide bonds. The van der Waals surface area contributed by atoms with Crippen LogP contribution >= 0.6 is 0 Å². The number of ether oxygens (including phenoxy) is 1. The molecule has 3 nitrogen and oxygen atoms in total. The third kappa shape index (κ3) is 2.19. The first-order valence-corrected chi connectivity index (χ1v) is 5.59.